The number of halogens is 2. The minimum atomic E-state index is -2.50. The lowest BCUT2D eigenvalue weighted by Gasteiger charge is -2.37. The number of rotatable bonds is 0. The molecule has 1 N–H and O–H groups in total. The van der Waals surface area contributed by atoms with E-state index >= 15 is 0 Å². The fourth-order valence-electron chi connectivity index (χ4n) is 2.61. The van der Waals surface area contributed by atoms with Crippen LogP contribution >= 0.6 is 0 Å². The van der Waals surface area contributed by atoms with Crippen LogP contribution in [0, 0.1) is 5.41 Å². The molecule has 0 saturated carbocycles. The quantitative estimate of drug-likeness (QED) is 0.611. The van der Waals surface area contributed by atoms with E-state index in [1.165, 1.54) is 0 Å². The summed E-state index contributed by atoms with van der Waals surface area (Å²) in [6.07, 6.45) is 1.54. The molecule has 0 bridgehead atoms. The summed E-state index contributed by atoms with van der Waals surface area (Å²) in [5.41, 5.74) is -0.778. The van der Waals surface area contributed by atoms with E-state index in [0.717, 1.165) is 13.0 Å². The van der Waals surface area contributed by atoms with Crippen molar-refractivity contribution in [1.29, 1.82) is 0 Å². The van der Waals surface area contributed by atoms with Crippen molar-refractivity contribution in [2.75, 3.05) is 33.2 Å². The third kappa shape index (κ3) is 1.36. The molecule has 0 aromatic carbocycles. The van der Waals surface area contributed by atoms with Gasteiger partial charge in [-0.15, -0.1) is 0 Å². The van der Waals surface area contributed by atoms with Gasteiger partial charge in [0.15, 0.2) is 0 Å². The van der Waals surface area contributed by atoms with Gasteiger partial charge in [-0.1, -0.05) is 0 Å². The first kappa shape index (κ1) is 9.34. The van der Waals surface area contributed by atoms with Gasteiger partial charge in [0.2, 0.25) is 0 Å². The third-order valence-electron chi connectivity index (χ3n) is 3.29. The van der Waals surface area contributed by atoms with E-state index in [2.05, 4.69) is 5.32 Å². The fraction of sp³-hybridized carbons (Fsp3) is 1.00. The molecule has 0 aromatic heterocycles. The summed E-state index contributed by atoms with van der Waals surface area (Å²) in [6.45, 7) is 1.83. The lowest BCUT2D eigenvalue weighted by Crippen LogP contribution is -2.50. The molecule has 13 heavy (non-hydrogen) atoms. The molecule has 0 amide bonds. The monoisotopic (exact) mass is 190 g/mol. The zero-order valence-corrected chi connectivity index (χ0v) is 7.95. The van der Waals surface area contributed by atoms with Gasteiger partial charge in [0.25, 0.3) is 5.92 Å². The average Bonchev–Trinajstić information content (AvgIpc) is 2.23. The van der Waals surface area contributed by atoms with Gasteiger partial charge in [-0.05, 0) is 26.4 Å². The van der Waals surface area contributed by atoms with E-state index in [0.29, 0.717) is 19.5 Å². The van der Waals surface area contributed by atoms with Crippen LogP contribution in [0.15, 0.2) is 0 Å². The van der Waals surface area contributed by atoms with Crippen LogP contribution in [-0.4, -0.2) is 44.0 Å². The van der Waals surface area contributed by atoms with E-state index in [9.17, 15) is 8.78 Å². The largest absolute Gasteiger partial charge is 0.316 e. The molecule has 2 aliphatic heterocycles. The zero-order valence-electron chi connectivity index (χ0n) is 7.95. The molecule has 0 radical (unpaired) electrons. The van der Waals surface area contributed by atoms with Gasteiger partial charge >= 0.3 is 0 Å². The van der Waals surface area contributed by atoms with E-state index in [4.69, 9.17) is 0 Å². The maximum atomic E-state index is 13.7. The second-order valence-corrected chi connectivity index (χ2v) is 4.44. The average molecular weight is 190 g/mol. The molecule has 1 spiro atoms. The van der Waals surface area contributed by atoms with E-state index < -0.39 is 11.3 Å². The Balaban J connectivity index is 2.19. The third-order valence-corrected chi connectivity index (χ3v) is 3.29. The Morgan fingerprint density at radius 2 is 2.08 bits per heavy atom. The topological polar surface area (TPSA) is 15.3 Å². The number of hydrogen-bond donors (Lipinski definition) is 1. The lowest BCUT2D eigenvalue weighted by atomic mass is 9.77. The maximum absolute atomic E-state index is 13.7. The minimum Gasteiger partial charge on any atom is -0.316 e. The molecule has 0 aliphatic carbocycles. The summed E-state index contributed by atoms with van der Waals surface area (Å²) in [4.78, 5) is 1.74. The lowest BCUT2D eigenvalue weighted by molar-refractivity contribution is -0.0933. The zero-order chi connectivity index (χ0) is 9.53. The summed E-state index contributed by atoms with van der Waals surface area (Å²) in [5, 5.41) is 3.09. The van der Waals surface area contributed by atoms with E-state index in [1.807, 2.05) is 0 Å². The molecule has 2 saturated heterocycles. The smallest absolute Gasteiger partial charge is 0.268 e. The van der Waals surface area contributed by atoms with Crippen molar-refractivity contribution in [2.45, 2.75) is 18.8 Å². The Bertz CT molecular complexity index is 200. The highest BCUT2D eigenvalue weighted by atomic mass is 19.3. The van der Waals surface area contributed by atoms with Crippen LogP contribution in [0.3, 0.4) is 0 Å². The first-order valence-corrected chi connectivity index (χ1v) is 4.83. The van der Waals surface area contributed by atoms with Gasteiger partial charge in [-0.25, -0.2) is 8.78 Å². The molecule has 2 rings (SSSR count). The minimum absolute atomic E-state index is 0.0747. The van der Waals surface area contributed by atoms with Crippen molar-refractivity contribution in [3.63, 3.8) is 0 Å². The van der Waals surface area contributed by atoms with Crippen LogP contribution in [0.2, 0.25) is 0 Å². The van der Waals surface area contributed by atoms with Gasteiger partial charge in [-0.3, -0.25) is 4.90 Å². The Morgan fingerprint density at radius 1 is 1.31 bits per heavy atom. The van der Waals surface area contributed by atoms with Crippen molar-refractivity contribution in [2.24, 2.45) is 5.41 Å². The summed E-state index contributed by atoms with van der Waals surface area (Å²) in [7, 11) is 1.78. The molecule has 1 unspecified atom stereocenters. The van der Waals surface area contributed by atoms with Crippen LogP contribution in [0.5, 0.6) is 0 Å². The first-order valence-electron chi connectivity index (χ1n) is 4.83. The number of nitrogens with zero attached hydrogens (tertiary/aromatic N) is 1. The second kappa shape index (κ2) is 2.89. The molecular formula is C9H16F2N2. The van der Waals surface area contributed by atoms with Crippen molar-refractivity contribution in [3.8, 4) is 0 Å². The molecule has 2 nitrogen and oxygen atoms in total. The summed E-state index contributed by atoms with van der Waals surface area (Å²) in [5.74, 6) is -2.50. The van der Waals surface area contributed by atoms with Gasteiger partial charge in [-0.2, -0.15) is 0 Å². The number of hydrogen-bond acceptors (Lipinski definition) is 2. The molecule has 2 heterocycles. The first-order chi connectivity index (χ1) is 6.06. The van der Waals surface area contributed by atoms with E-state index in [1.54, 1.807) is 11.9 Å². The summed E-state index contributed by atoms with van der Waals surface area (Å²) >= 11 is 0. The predicted octanol–water partition coefficient (Wildman–Crippen LogP) is 0.937. The second-order valence-electron chi connectivity index (χ2n) is 4.44. The molecule has 0 aromatic rings. The highest BCUT2D eigenvalue weighted by molar-refractivity contribution is 5.04. The highest BCUT2D eigenvalue weighted by Crippen LogP contribution is 2.47. The van der Waals surface area contributed by atoms with Crippen LogP contribution in [0.4, 0.5) is 8.78 Å². The number of nitrogens with one attached hydrogen (secondary N) is 1. The number of alkyl halides is 2. The molecular weight excluding hydrogens is 174 g/mol. The molecule has 76 valence electrons. The van der Waals surface area contributed by atoms with Crippen LogP contribution < -0.4 is 5.32 Å². The fourth-order valence-corrected chi connectivity index (χ4v) is 2.61. The number of likely N-dealkylation sites (tertiary alicyclic amines) is 1. The standard InChI is InChI=1S/C9H16F2N2/c1-13-6-8(9(10,11)7-13)3-2-4-12-5-8/h12H,2-7H2,1H3. The van der Waals surface area contributed by atoms with Crippen LogP contribution in [0.25, 0.3) is 0 Å². The van der Waals surface area contributed by atoms with Crippen molar-refractivity contribution in [1.82, 2.24) is 10.2 Å². The van der Waals surface area contributed by atoms with Crippen LogP contribution in [0.1, 0.15) is 12.8 Å². The molecule has 4 heteroatoms. The van der Waals surface area contributed by atoms with Gasteiger partial charge < -0.3 is 5.32 Å². The van der Waals surface area contributed by atoms with Crippen molar-refractivity contribution < 1.29 is 8.78 Å². The predicted molar refractivity (Wildman–Crippen MR) is 47.0 cm³/mol. The molecule has 1 atom stereocenters. The molecule has 2 aliphatic rings. The summed E-state index contributed by atoms with van der Waals surface area (Å²) < 4.78 is 27.3. The SMILES string of the molecule is CN1CC(F)(F)C2(CCCNC2)C1. The van der Waals surface area contributed by atoms with Gasteiger partial charge in [0, 0.05) is 13.1 Å². The number of piperidine rings is 1. The summed E-state index contributed by atoms with van der Waals surface area (Å²) in [6, 6.07) is 0. The Hall–Kier alpha value is -0.220. The molecule has 2 fully saturated rings. The van der Waals surface area contributed by atoms with E-state index in [-0.39, 0.29) is 6.54 Å². The van der Waals surface area contributed by atoms with Crippen molar-refractivity contribution >= 4 is 0 Å². The highest BCUT2D eigenvalue weighted by Gasteiger charge is 2.58. The van der Waals surface area contributed by atoms with Gasteiger partial charge in [0.05, 0.1) is 12.0 Å². The van der Waals surface area contributed by atoms with Gasteiger partial charge in [0.1, 0.15) is 0 Å². The van der Waals surface area contributed by atoms with Crippen molar-refractivity contribution in [3.05, 3.63) is 0 Å². The Morgan fingerprint density at radius 3 is 2.54 bits per heavy atom. The van der Waals surface area contributed by atoms with Crippen LogP contribution in [-0.2, 0) is 0 Å². The Labute approximate surface area is 77.3 Å². The normalized spacial score (nSPS) is 39.9. The Kier molecular flexibility index (Phi) is 2.07. The maximum Gasteiger partial charge on any atom is 0.268 e.